The second kappa shape index (κ2) is 6.09. The Hall–Kier alpha value is -1.51. The quantitative estimate of drug-likeness (QED) is 0.759. The summed E-state index contributed by atoms with van der Waals surface area (Å²) in [6.45, 7) is 0. The van der Waals surface area contributed by atoms with E-state index in [1.54, 1.807) is 25.3 Å². The summed E-state index contributed by atoms with van der Waals surface area (Å²) in [5.41, 5.74) is 0.571. The van der Waals surface area contributed by atoms with Gasteiger partial charge in [-0.25, -0.2) is 0 Å². The highest BCUT2D eigenvalue weighted by molar-refractivity contribution is 9.10. The molecule has 2 rings (SSSR count). The van der Waals surface area contributed by atoms with Crippen LogP contribution < -0.4 is 9.47 Å². The van der Waals surface area contributed by atoms with Crippen LogP contribution in [0.3, 0.4) is 0 Å². The third kappa shape index (κ3) is 3.28. The molecule has 2 aromatic rings. The Kier molecular flexibility index (Phi) is 4.46. The van der Waals surface area contributed by atoms with Crippen LogP contribution in [-0.4, -0.2) is 7.11 Å². The summed E-state index contributed by atoms with van der Waals surface area (Å²) in [5.74, 6) is 2.08. The van der Waals surface area contributed by atoms with Crippen molar-refractivity contribution in [1.29, 1.82) is 5.26 Å². The molecule has 0 N–H and O–H groups in total. The minimum atomic E-state index is 0.571. The van der Waals surface area contributed by atoms with Gasteiger partial charge in [-0.1, -0.05) is 0 Å². The Morgan fingerprint density at radius 1 is 1.00 bits per heavy atom. The highest BCUT2D eigenvalue weighted by Crippen LogP contribution is 2.34. The number of nitriles is 1. The molecule has 0 bridgehead atoms. The van der Waals surface area contributed by atoms with Gasteiger partial charge in [-0.15, -0.1) is 0 Å². The largest absolute Gasteiger partial charge is 0.497 e. The van der Waals surface area contributed by atoms with E-state index in [-0.39, 0.29) is 0 Å². The summed E-state index contributed by atoms with van der Waals surface area (Å²) in [6, 6.07) is 12.8. The van der Waals surface area contributed by atoms with Crippen LogP contribution in [-0.2, 0) is 0 Å². The molecule has 0 radical (unpaired) electrons. The number of benzene rings is 2. The van der Waals surface area contributed by atoms with Crippen LogP contribution in [0.4, 0.5) is 0 Å². The van der Waals surface area contributed by atoms with Crippen LogP contribution in [0.1, 0.15) is 5.56 Å². The van der Waals surface area contributed by atoms with Gasteiger partial charge >= 0.3 is 0 Å². The fourth-order valence-corrected chi connectivity index (χ4v) is 2.35. The Morgan fingerprint density at radius 2 is 1.68 bits per heavy atom. The summed E-state index contributed by atoms with van der Waals surface area (Å²) in [7, 11) is 1.61. The van der Waals surface area contributed by atoms with Gasteiger partial charge in [0.25, 0.3) is 0 Å². The zero-order valence-electron chi connectivity index (χ0n) is 9.98. The van der Waals surface area contributed by atoms with E-state index in [2.05, 4.69) is 37.9 Å². The van der Waals surface area contributed by atoms with Crippen LogP contribution in [0.15, 0.2) is 45.3 Å². The highest BCUT2D eigenvalue weighted by atomic mass is 79.9. The van der Waals surface area contributed by atoms with E-state index in [1.165, 1.54) is 0 Å². The van der Waals surface area contributed by atoms with Crippen molar-refractivity contribution in [1.82, 2.24) is 0 Å². The van der Waals surface area contributed by atoms with Gasteiger partial charge in [0, 0.05) is 4.47 Å². The van der Waals surface area contributed by atoms with Crippen LogP contribution in [0.2, 0.25) is 0 Å². The number of hydrogen-bond acceptors (Lipinski definition) is 3. The van der Waals surface area contributed by atoms with E-state index in [9.17, 15) is 0 Å². The molecule has 0 unspecified atom stereocenters. The van der Waals surface area contributed by atoms with E-state index in [0.29, 0.717) is 21.5 Å². The molecule has 0 fully saturated rings. The summed E-state index contributed by atoms with van der Waals surface area (Å²) in [6.07, 6.45) is 0. The first kappa shape index (κ1) is 13.9. The molecule has 0 aliphatic heterocycles. The summed E-state index contributed by atoms with van der Waals surface area (Å²) in [4.78, 5) is 0. The first-order valence-electron chi connectivity index (χ1n) is 5.35. The minimum Gasteiger partial charge on any atom is -0.497 e. The van der Waals surface area contributed by atoms with Crippen molar-refractivity contribution >= 4 is 31.9 Å². The van der Waals surface area contributed by atoms with Crippen molar-refractivity contribution in [2.45, 2.75) is 0 Å². The molecular weight excluding hydrogens is 374 g/mol. The lowest BCUT2D eigenvalue weighted by molar-refractivity contribution is 0.412. The second-order valence-corrected chi connectivity index (χ2v) is 5.36. The predicted octanol–water partition coefficient (Wildman–Crippen LogP) is 4.88. The van der Waals surface area contributed by atoms with E-state index in [0.717, 1.165) is 10.2 Å². The predicted molar refractivity (Wildman–Crippen MR) is 79.6 cm³/mol. The van der Waals surface area contributed by atoms with Crippen LogP contribution in [0.25, 0.3) is 0 Å². The molecule has 0 aliphatic rings. The summed E-state index contributed by atoms with van der Waals surface area (Å²) < 4.78 is 12.4. The lowest BCUT2D eigenvalue weighted by Crippen LogP contribution is -1.88. The van der Waals surface area contributed by atoms with E-state index in [1.807, 2.05) is 18.2 Å². The van der Waals surface area contributed by atoms with Gasteiger partial charge in [0.05, 0.1) is 17.1 Å². The van der Waals surface area contributed by atoms with Crippen molar-refractivity contribution < 1.29 is 9.47 Å². The van der Waals surface area contributed by atoms with Gasteiger partial charge < -0.3 is 9.47 Å². The Labute approximate surface area is 128 Å². The zero-order valence-corrected chi connectivity index (χ0v) is 13.2. The molecule has 3 nitrogen and oxygen atoms in total. The number of nitrogens with zero attached hydrogens (tertiary/aromatic N) is 1. The minimum absolute atomic E-state index is 0.571. The molecule has 5 heteroatoms. The van der Waals surface area contributed by atoms with Crippen LogP contribution >= 0.6 is 31.9 Å². The van der Waals surface area contributed by atoms with Crippen molar-refractivity contribution in [2.24, 2.45) is 0 Å². The molecule has 96 valence electrons. The summed E-state index contributed by atoms with van der Waals surface area (Å²) >= 11 is 6.75. The van der Waals surface area contributed by atoms with Gasteiger partial charge in [0.2, 0.25) is 0 Å². The maximum atomic E-state index is 8.86. The normalized spacial score (nSPS) is 9.79. The maximum absolute atomic E-state index is 8.86. The zero-order chi connectivity index (χ0) is 13.8. The van der Waals surface area contributed by atoms with E-state index < -0.39 is 0 Å². The fourth-order valence-electron chi connectivity index (χ4n) is 1.47. The standard InChI is InChI=1S/C14H9Br2NO2/c1-18-10-4-5-14(13(16)6-10)19-11-3-2-9(8-17)12(15)7-11/h2-7H,1H3. The monoisotopic (exact) mass is 381 g/mol. The molecule has 19 heavy (non-hydrogen) atoms. The van der Waals surface area contributed by atoms with Crippen molar-refractivity contribution in [2.75, 3.05) is 7.11 Å². The topological polar surface area (TPSA) is 42.2 Å². The molecule has 2 aromatic carbocycles. The van der Waals surface area contributed by atoms with Crippen molar-refractivity contribution in [3.63, 3.8) is 0 Å². The Morgan fingerprint density at radius 3 is 2.26 bits per heavy atom. The number of rotatable bonds is 3. The summed E-state index contributed by atoms with van der Waals surface area (Å²) in [5, 5.41) is 8.86. The third-order valence-electron chi connectivity index (χ3n) is 2.43. The van der Waals surface area contributed by atoms with E-state index in [4.69, 9.17) is 14.7 Å². The van der Waals surface area contributed by atoms with Gasteiger partial charge in [0.1, 0.15) is 23.3 Å². The van der Waals surface area contributed by atoms with Gasteiger partial charge in [-0.3, -0.25) is 0 Å². The molecule has 0 aliphatic carbocycles. The second-order valence-electron chi connectivity index (χ2n) is 3.65. The molecule has 0 aromatic heterocycles. The Balaban J connectivity index is 2.26. The molecule has 0 atom stereocenters. The molecular formula is C14H9Br2NO2. The lowest BCUT2D eigenvalue weighted by atomic mass is 10.2. The number of hydrogen-bond donors (Lipinski definition) is 0. The third-order valence-corrected chi connectivity index (χ3v) is 3.70. The number of halogens is 2. The first-order valence-corrected chi connectivity index (χ1v) is 6.93. The van der Waals surface area contributed by atoms with E-state index >= 15 is 0 Å². The van der Waals surface area contributed by atoms with Crippen molar-refractivity contribution in [3.8, 4) is 23.3 Å². The number of methoxy groups -OCH3 is 1. The van der Waals surface area contributed by atoms with Gasteiger partial charge in [-0.05, 0) is 68.3 Å². The highest BCUT2D eigenvalue weighted by Gasteiger charge is 2.06. The van der Waals surface area contributed by atoms with Gasteiger partial charge in [0.15, 0.2) is 0 Å². The number of ether oxygens (including phenoxy) is 2. The first-order chi connectivity index (χ1) is 9.13. The van der Waals surface area contributed by atoms with Crippen LogP contribution in [0, 0.1) is 11.3 Å². The van der Waals surface area contributed by atoms with Crippen molar-refractivity contribution in [3.05, 3.63) is 50.9 Å². The molecule has 0 saturated carbocycles. The van der Waals surface area contributed by atoms with Gasteiger partial charge in [-0.2, -0.15) is 5.26 Å². The SMILES string of the molecule is COc1ccc(Oc2ccc(C#N)c(Br)c2)c(Br)c1. The van der Waals surface area contributed by atoms with Crippen LogP contribution in [0.5, 0.6) is 17.2 Å². The lowest BCUT2D eigenvalue weighted by Gasteiger charge is -2.09. The molecule has 0 amide bonds. The molecule has 0 heterocycles. The molecule has 0 saturated heterocycles. The molecule has 0 spiro atoms. The smallest absolute Gasteiger partial charge is 0.141 e. The average molecular weight is 383 g/mol. The maximum Gasteiger partial charge on any atom is 0.141 e. The Bertz CT molecular complexity index is 650. The average Bonchev–Trinajstić information content (AvgIpc) is 2.41. The fraction of sp³-hybridized carbons (Fsp3) is 0.0714.